The molecule has 0 aromatic carbocycles. The van der Waals surface area contributed by atoms with E-state index >= 15 is 0 Å². The van der Waals surface area contributed by atoms with Gasteiger partial charge in [0, 0.05) is 31.0 Å². The van der Waals surface area contributed by atoms with E-state index in [9.17, 15) is 4.79 Å². The van der Waals surface area contributed by atoms with Gasteiger partial charge in [-0.1, -0.05) is 0 Å². The fourth-order valence-electron chi connectivity index (χ4n) is 1.93. The van der Waals surface area contributed by atoms with Gasteiger partial charge < -0.3 is 15.6 Å². The first-order chi connectivity index (χ1) is 9.66. The van der Waals surface area contributed by atoms with E-state index in [0.29, 0.717) is 17.1 Å². The number of carbonyl (C=O) groups excluding carboxylic acids is 1. The van der Waals surface area contributed by atoms with Crippen LogP contribution in [-0.2, 0) is 13.6 Å². The molecule has 0 unspecified atom stereocenters. The van der Waals surface area contributed by atoms with Crippen LogP contribution >= 0.6 is 11.3 Å². The molecule has 0 atom stereocenters. The lowest BCUT2D eigenvalue weighted by atomic mass is 10.2. The van der Waals surface area contributed by atoms with Gasteiger partial charge in [-0.05, 0) is 12.1 Å². The quantitative estimate of drug-likeness (QED) is 0.765. The van der Waals surface area contributed by atoms with Gasteiger partial charge in [0.1, 0.15) is 15.5 Å². The minimum Gasteiger partial charge on any atom is -0.397 e. The third kappa shape index (κ3) is 2.12. The molecule has 0 aliphatic rings. The number of aromatic nitrogens is 3. The van der Waals surface area contributed by atoms with Crippen LogP contribution in [0.15, 0.2) is 30.7 Å². The van der Waals surface area contributed by atoms with Gasteiger partial charge in [0.05, 0.1) is 12.2 Å². The maximum Gasteiger partial charge on any atom is 0.263 e. The van der Waals surface area contributed by atoms with E-state index in [1.54, 1.807) is 18.5 Å². The molecule has 6 nitrogen and oxygen atoms in total. The molecule has 102 valence electrons. The topological polar surface area (TPSA) is 85.8 Å². The second-order valence-corrected chi connectivity index (χ2v) is 5.34. The lowest BCUT2D eigenvalue weighted by molar-refractivity contribution is 0.0954. The van der Waals surface area contributed by atoms with Gasteiger partial charge in [-0.25, -0.2) is 9.97 Å². The van der Waals surface area contributed by atoms with Gasteiger partial charge in [-0.2, -0.15) is 0 Å². The smallest absolute Gasteiger partial charge is 0.263 e. The summed E-state index contributed by atoms with van der Waals surface area (Å²) in [6.45, 7) is 0.365. The largest absolute Gasteiger partial charge is 0.397 e. The summed E-state index contributed by atoms with van der Waals surface area (Å²) in [7, 11) is 1.88. The molecule has 20 heavy (non-hydrogen) atoms. The van der Waals surface area contributed by atoms with Crippen molar-refractivity contribution in [2.45, 2.75) is 6.54 Å². The maximum absolute atomic E-state index is 12.2. The van der Waals surface area contributed by atoms with E-state index in [-0.39, 0.29) is 5.91 Å². The Morgan fingerprint density at radius 3 is 3.00 bits per heavy atom. The highest BCUT2D eigenvalue weighted by atomic mass is 32.1. The number of hydrogen-bond donors (Lipinski definition) is 2. The molecule has 7 heteroatoms. The highest BCUT2D eigenvalue weighted by Gasteiger charge is 2.16. The summed E-state index contributed by atoms with van der Waals surface area (Å²) in [4.78, 5) is 21.8. The predicted molar refractivity (Wildman–Crippen MR) is 78.4 cm³/mol. The first kappa shape index (κ1) is 12.6. The van der Waals surface area contributed by atoms with Gasteiger partial charge in [0.25, 0.3) is 5.91 Å². The molecule has 0 saturated carbocycles. The molecule has 0 aliphatic heterocycles. The van der Waals surface area contributed by atoms with Crippen molar-refractivity contribution in [1.29, 1.82) is 0 Å². The molecule has 0 aliphatic carbocycles. The summed E-state index contributed by atoms with van der Waals surface area (Å²) in [6.07, 6.45) is 5.21. The van der Waals surface area contributed by atoms with E-state index < -0.39 is 0 Å². The van der Waals surface area contributed by atoms with Crippen LogP contribution in [0.25, 0.3) is 10.2 Å². The van der Waals surface area contributed by atoms with Crippen LogP contribution in [0.5, 0.6) is 0 Å². The third-order valence-electron chi connectivity index (χ3n) is 3.04. The number of amides is 1. The van der Waals surface area contributed by atoms with E-state index in [0.717, 1.165) is 16.0 Å². The number of hydrogen-bond acceptors (Lipinski definition) is 5. The second-order valence-electron chi connectivity index (χ2n) is 4.34. The first-order valence-corrected chi connectivity index (χ1v) is 6.86. The Kier molecular flexibility index (Phi) is 3.11. The number of anilines is 1. The number of nitrogens with two attached hydrogens (primary N) is 1. The molecule has 3 N–H and O–H groups in total. The number of rotatable bonds is 3. The lowest BCUT2D eigenvalue weighted by Crippen LogP contribution is -2.24. The number of fused-ring (bicyclic) bond motifs is 1. The van der Waals surface area contributed by atoms with Crippen LogP contribution in [0.1, 0.15) is 15.5 Å². The van der Waals surface area contributed by atoms with Gasteiger partial charge in [0.15, 0.2) is 0 Å². The average Bonchev–Trinajstić information content (AvgIpc) is 3.01. The molecule has 1 amide bonds. The zero-order valence-electron chi connectivity index (χ0n) is 10.8. The molecule has 0 saturated heterocycles. The number of nitrogen functional groups attached to an aromatic ring is 1. The Balaban J connectivity index is 1.82. The maximum atomic E-state index is 12.2. The molecule has 3 aromatic heterocycles. The van der Waals surface area contributed by atoms with Crippen molar-refractivity contribution in [3.8, 4) is 0 Å². The van der Waals surface area contributed by atoms with Gasteiger partial charge in [0.2, 0.25) is 0 Å². The minimum atomic E-state index is -0.200. The zero-order valence-corrected chi connectivity index (χ0v) is 11.6. The number of nitrogens with one attached hydrogen (secondary N) is 1. The van der Waals surface area contributed by atoms with Crippen molar-refractivity contribution in [3.63, 3.8) is 0 Å². The number of nitrogens with zero attached hydrogens (tertiary/aromatic N) is 3. The number of pyridine rings is 1. The van der Waals surface area contributed by atoms with Crippen LogP contribution < -0.4 is 11.1 Å². The molecule has 3 rings (SSSR count). The highest BCUT2D eigenvalue weighted by molar-refractivity contribution is 7.21. The Morgan fingerprint density at radius 1 is 1.45 bits per heavy atom. The van der Waals surface area contributed by atoms with E-state index in [1.165, 1.54) is 11.3 Å². The Bertz CT molecular complexity index is 776. The molecule has 0 fully saturated rings. The Morgan fingerprint density at radius 2 is 2.30 bits per heavy atom. The van der Waals surface area contributed by atoms with Crippen LogP contribution in [0.3, 0.4) is 0 Å². The summed E-state index contributed by atoms with van der Waals surface area (Å²) < 4.78 is 1.86. The summed E-state index contributed by atoms with van der Waals surface area (Å²) >= 11 is 1.30. The van der Waals surface area contributed by atoms with Gasteiger partial charge in [-0.3, -0.25) is 4.79 Å². The van der Waals surface area contributed by atoms with Crippen LogP contribution in [-0.4, -0.2) is 20.4 Å². The van der Waals surface area contributed by atoms with Gasteiger partial charge in [-0.15, -0.1) is 11.3 Å². The average molecular weight is 287 g/mol. The highest BCUT2D eigenvalue weighted by Crippen LogP contribution is 2.31. The molecule has 0 spiro atoms. The van der Waals surface area contributed by atoms with Crippen molar-refractivity contribution in [2.24, 2.45) is 7.05 Å². The van der Waals surface area contributed by atoms with Crippen molar-refractivity contribution in [2.75, 3.05) is 5.73 Å². The standard InChI is InChI=1S/C13H13N5OS/c1-18-6-5-15-9(18)7-17-12(19)11-10(14)8-3-2-4-16-13(8)20-11/h2-6H,7,14H2,1H3,(H,17,19). The fraction of sp³-hybridized carbons (Fsp3) is 0.154. The van der Waals surface area contributed by atoms with E-state index in [2.05, 4.69) is 15.3 Å². The predicted octanol–water partition coefficient (Wildman–Crippen LogP) is 1.54. The summed E-state index contributed by atoms with van der Waals surface area (Å²) in [6, 6.07) is 3.67. The van der Waals surface area contributed by atoms with Crippen LogP contribution in [0, 0.1) is 0 Å². The molecule has 3 aromatic rings. The zero-order chi connectivity index (χ0) is 14.1. The number of carbonyl (C=O) groups is 1. The summed E-state index contributed by atoms with van der Waals surface area (Å²) in [5, 5.41) is 3.64. The number of aryl methyl sites for hydroxylation is 1. The van der Waals surface area contributed by atoms with Gasteiger partial charge >= 0.3 is 0 Å². The monoisotopic (exact) mass is 287 g/mol. The number of imidazole rings is 1. The van der Waals surface area contributed by atoms with Crippen LogP contribution in [0.4, 0.5) is 5.69 Å². The SMILES string of the molecule is Cn1ccnc1CNC(=O)c1sc2ncccc2c1N. The Labute approximate surface area is 119 Å². The molecular weight excluding hydrogens is 274 g/mol. The van der Waals surface area contributed by atoms with Crippen molar-refractivity contribution in [1.82, 2.24) is 19.9 Å². The van der Waals surface area contributed by atoms with Crippen LogP contribution in [0.2, 0.25) is 0 Å². The minimum absolute atomic E-state index is 0.200. The van der Waals surface area contributed by atoms with Crippen molar-refractivity contribution >= 4 is 33.1 Å². The molecule has 3 heterocycles. The second kappa shape index (κ2) is 4.93. The first-order valence-electron chi connectivity index (χ1n) is 6.04. The van der Waals surface area contributed by atoms with E-state index in [4.69, 9.17) is 5.73 Å². The van der Waals surface area contributed by atoms with Crippen molar-refractivity contribution in [3.05, 3.63) is 41.4 Å². The normalized spacial score (nSPS) is 10.8. The Hall–Kier alpha value is -2.41. The summed E-state index contributed by atoms with van der Waals surface area (Å²) in [5.41, 5.74) is 6.49. The third-order valence-corrected chi connectivity index (χ3v) is 4.17. The van der Waals surface area contributed by atoms with Crippen molar-refractivity contribution < 1.29 is 4.79 Å². The molecule has 0 radical (unpaired) electrons. The fourth-order valence-corrected chi connectivity index (χ4v) is 2.91. The summed E-state index contributed by atoms with van der Waals surface area (Å²) in [5.74, 6) is 0.588. The number of thiophene rings is 1. The molecule has 0 bridgehead atoms. The molecular formula is C13H13N5OS. The van der Waals surface area contributed by atoms with E-state index in [1.807, 2.05) is 23.9 Å². The lowest BCUT2D eigenvalue weighted by Gasteiger charge is -2.04.